The fourth-order valence-corrected chi connectivity index (χ4v) is 4.27. The molecule has 0 fully saturated rings. The Morgan fingerprint density at radius 3 is 2.44 bits per heavy atom. The van der Waals surface area contributed by atoms with E-state index in [4.69, 9.17) is 0 Å². The van der Waals surface area contributed by atoms with Crippen LogP contribution >= 0.6 is 0 Å². The highest BCUT2D eigenvalue weighted by Gasteiger charge is 2.43. The maximum atomic E-state index is 13.8. The van der Waals surface area contributed by atoms with Crippen LogP contribution in [-0.4, -0.2) is 36.8 Å². The van der Waals surface area contributed by atoms with Crippen molar-refractivity contribution in [2.45, 2.75) is 0 Å². The van der Waals surface area contributed by atoms with Gasteiger partial charge in [0.15, 0.2) is 5.65 Å². The van der Waals surface area contributed by atoms with Crippen LogP contribution in [0.3, 0.4) is 0 Å². The fraction of sp³-hybridized carbons (Fsp3) is 0.0417. The van der Waals surface area contributed by atoms with E-state index >= 15 is 0 Å². The van der Waals surface area contributed by atoms with Crippen molar-refractivity contribution < 1.29 is 9.59 Å². The van der Waals surface area contributed by atoms with Crippen LogP contribution in [0, 0.1) is 0 Å². The second kappa shape index (κ2) is 6.71. The lowest BCUT2D eigenvalue weighted by atomic mass is 9.98. The predicted molar refractivity (Wildman–Crippen MR) is 120 cm³/mol. The van der Waals surface area contributed by atoms with Gasteiger partial charge in [0.1, 0.15) is 5.69 Å². The standard InChI is InChI=1S/C24H16N6O2/c1-29-22-16(11-12-26-27-22)21(28-29)20-19(17-13-25-18-10-6-5-9-15(17)18)23(31)30(24(20)32)14-7-3-2-4-8-14/h2-13,25H,1H3. The van der Waals surface area contributed by atoms with Gasteiger partial charge in [-0.05, 0) is 24.3 Å². The molecule has 2 aromatic carbocycles. The number of rotatable bonds is 3. The molecule has 6 rings (SSSR count). The first-order valence-electron chi connectivity index (χ1n) is 10.0. The molecule has 5 aromatic rings. The molecule has 0 bridgehead atoms. The van der Waals surface area contributed by atoms with E-state index in [0.717, 1.165) is 10.9 Å². The van der Waals surface area contributed by atoms with Gasteiger partial charge in [0.05, 0.1) is 28.4 Å². The van der Waals surface area contributed by atoms with Crippen LogP contribution in [0.5, 0.6) is 0 Å². The minimum atomic E-state index is -0.418. The quantitative estimate of drug-likeness (QED) is 0.452. The zero-order valence-corrected chi connectivity index (χ0v) is 17.0. The number of amides is 2. The third-order valence-electron chi connectivity index (χ3n) is 5.71. The Bertz CT molecular complexity index is 1580. The van der Waals surface area contributed by atoms with Gasteiger partial charge in [0.2, 0.25) is 0 Å². The topological polar surface area (TPSA) is 96.8 Å². The van der Waals surface area contributed by atoms with E-state index in [1.165, 1.54) is 4.90 Å². The zero-order valence-electron chi connectivity index (χ0n) is 17.0. The van der Waals surface area contributed by atoms with Crippen molar-refractivity contribution in [1.29, 1.82) is 0 Å². The molecule has 8 heteroatoms. The molecule has 2 amide bonds. The third-order valence-corrected chi connectivity index (χ3v) is 5.71. The summed E-state index contributed by atoms with van der Waals surface area (Å²) in [6.45, 7) is 0. The summed E-state index contributed by atoms with van der Waals surface area (Å²) in [5.41, 5.74) is 3.56. The van der Waals surface area contributed by atoms with Crippen molar-refractivity contribution in [1.82, 2.24) is 25.0 Å². The molecule has 4 heterocycles. The number of benzene rings is 2. The molecule has 0 unspecified atom stereocenters. The number of nitrogens with zero attached hydrogens (tertiary/aromatic N) is 5. The molecule has 32 heavy (non-hydrogen) atoms. The molecule has 1 N–H and O–H groups in total. The molecule has 0 spiro atoms. The largest absolute Gasteiger partial charge is 0.361 e. The van der Waals surface area contributed by atoms with Crippen molar-refractivity contribution >= 4 is 50.6 Å². The molecule has 0 saturated carbocycles. The van der Waals surface area contributed by atoms with Crippen LogP contribution in [-0.2, 0) is 16.6 Å². The molecule has 154 valence electrons. The number of nitrogens with one attached hydrogen (secondary N) is 1. The molecular formula is C24H16N6O2. The van der Waals surface area contributed by atoms with Crippen LogP contribution in [0.1, 0.15) is 11.3 Å². The van der Waals surface area contributed by atoms with E-state index in [-0.39, 0.29) is 11.5 Å². The second-order valence-corrected chi connectivity index (χ2v) is 7.52. The van der Waals surface area contributed by atoms with Gasteiger partial charge in [-0.3, -0.25) is 9.59 Å². The molecule has 8 nitrogen and oxygen atoms in total. The van der Waals surface area contributed by atoms with Gasteiger partial charge in [-0.2, -0.15) is 10.2 Å². The summed E-state index contributed by atoms with van der Waals surface area (Å²) in [4.78, 5) is 31.9. The van der Waals surface area contributed by atoms with Gasteiger partial charge in [0, 0.05) is 29.7 Å². The maximum Gasteiger partial charge on any atom is 0.268 e. The summed E-state index contributed by atoms with van der Waals surface area (Å²) in [7, 11) is 1.74. The van der Waals surface area contributed by atoms with Crippen LogP contribution < -0.4 is 4.90 Å². The van der Waals surface area contributed by atoms with Gasteiger partial charge in [-0.15, -0.1) is 5.10 Å². The SMILES string of the molecule is Cn1nc(C2=C(c3c[nH]c4ccccc34)C(=O)N(c3ccccc3)C2=O)c2ccnnc21. The number of carbonyl (C=O) groups is 2. The Kier molecular flexibility index (Phi) is 3.82. The number of aromatic amines is 1. The van der Waals surface area contributed by atoms with Crippen LogP contribution in [0.25, 0.3) is 33.1 Å². The minimum Gasteiger partial charge on any atom is -0.361 e. The van der Waals surface area contributed by atoms with Crippen molar-refractivity contribution in [3.05, 3.63) is 84.3 Å². The lowest BCUT2D eigenvalue weighted by Gasteiger charge is -2.14. The van der Waals surface area contributed by atoms with Gasteiger partial charge in [-0.1, -0.05) is 36.4 Å². The number of carbonyl (C=O) groups excluding carboxylic acids is 2. The number of H-pyrrole nitrogens is 1. The van der Waals surface area contributed by atoms with E-state index in [9.17, 15) is 9.59 Å². The molecule has 0 aliphatic carbocycles. The van der Waals surface area contributed by atoms with Crippen LogP contribution in [0.15, 0.2) is 73.1 Å². The molecular weight excluding hydrogens is 404 g/mol. The Morgan fingerprint density at radius 1 is 0.844 bits per heavy atom. The Labute approximate surface area is 181 Å². The molecule has 3 aromatic heterocycles. The molecule has 0 radical (unpaired) electrons. The average Bonchev–Trinajstić information content (AvgIpc) is 3.46. The number of fused-ring (bicyclic) bond motifs is 2. The van der Waals surface area contributed by atoms with Gasteiger partial charge < -0.3 is 4.98 Å². The first-order valence-corrected chi connectivity index (χ1v) is 10.0. The molecule has 0 saturated heterocycles. The van der Waals surface area contributed by atoms with E-state index < -0.39 is 5.91 Å². The lowest BCUT2D eigenvalue weighted by molar-refractivity contribution is -0.119. The highest BCUT2D eigenvalue weighted by atomic mass is 16.2. The second-order valence-electron chi connectivity index (χ2n) is 7.52. The normalized spacial score (nSPS) is 14.3. The summed E-state index contributed by atoms with van der Waals surface area (Å²) in [5, 5.41) is 14.2. The fourth-order valence-electron chi connectivity index (χ4n) is 4.27. The van der Waals surface area contributed by atoms with Crippen molar-refractivity contribution in [2.75, 3.05) is 4.90 Å². The van der Waals surface area contributed by atoms with E-state index in [1.807, 2.05) is 30.3 Å². The van der Waals surface area contributed by atoms with E-state index in [0.29, 0.717) is 33.6 Å². The van der Waals surface area contributed by atoms with E-state index in [1.54, 1.807) is 54.5 Å². The minimum absolute atomic E-state index is 0.252. The number of hydrogen-bond donors (Lipinski definition) is 1. The zero-order chi connectivity index (χ0) is 21.8. The predicted octanol–water partition coefficient (Wildman–Crippen LogP) is 3.33. The average molecular weight is 420 g/mol. The first-order chi connectivity index (χ1) is 15.6. The number of imide groups is 1. The first kappa shape index (κ1) is 18.2. The smallest absolute Gasteiger partial charge is 0.268 e. The number of hydrogen-bond acceptors (Lipinski definition) is 5. The van der Waals surface area contributed by atoms with Crippen molar-refractivity contribution in [3.63, 3.8) is 0 Å². The van der Waals surface area contributed by atoms with Crippen LogP contribution in [0.4, 0.5) is 5.69 Å². The number of anilines is 1. The van der Waals surface area contributed by atoms with Crippen LogP contribution in [0.2, 0.25) is 0 Å². The van der Waals surface area contributed by atoms with Crippen molar-refractivity contribution in [3.8, 4) is 0 Å². The lowest BCUT2D eigenvalue weighted by Crippen LogP contribution is -2.31. The summed E-state index contributed by atoms with van der Waals surface area (Å²) in [5.74, 6) is -0.805. The molecule has 1 aliphatic rings. The summed E-state index contributed by atoms with van der Waals surface area (Å²) >= 11 is 0. The summed E-state index contributed by atoms with van der Waals surface area (Å²) < 4.78 is 1.57. The van der Waals surface area contributed by atoms with E-state index in [2.05, 4.69) is 20.3 Å². The molecule has 0 atom stereocenters. The van der Waals surface area contributed by atoms with Gasteiger partial charge >= 0.3 is 0 Å². The highest BCUT2D eigenvalue weighted by molar-refractivity contribution is 6.58. The maximum absolute atomic E-state index is 13.8. The van der Waals surface area contributed by atoms with Gasteiger partial charge in [-0.25, -0.2) is 9.58 Å². The van der Waals surface area contributed by atoms with Gasteiger partial charge in [0.25, 0.3) is 11.8 Å². The molecule has 1 aliphatic heterocycles. The Morgan fingerprint density at radius 2 is 1.59 bits per heavy atom. The Balaban J connectivity index is 1.68. The summed E-state index contributed by atoms with van der Waals surface area (Å²) in [6, 6.07) is 18.4. The highest BCUT2D eigenvalue weighted by Crippen LogP contribution is 2.41. The number of aryl methyl sites for hydroxylation is 1. The number of aromatic nitrogens is 5. The Hall–Kier alpha value is -4.59. The van der Waals surface area contributed by atoms with Crippen molar-refractivity contribution in [2.24, 2.45) is 7.05 Å². The monoisotopic (exact) mass is 420 g/mol. The third kappa shape index (κ3) is 2.46. The summed E-state index contributed by atoms with van der Waals surface area (Å²) in [6.07, 6.45) is 3.32. The number of para-hydroxylation sites is 2.